The third kappa shape index (κ3) is 1.20. The fraction of sp³-hybridized carbons (Fsp3) is 0. The van der Waals surface area contributed by atoms with Crippen LogP contribution in [0.1, 0.15) is 5.69 Å². The summed E-state index contributed by atoms with van der Waals surface area (Å²) in [5.74, 6) is 0.329. The van der Waals surface area contributed by atoms with Crippen molar-refractivity contribution < 1.29 is 0 Å². The van der Waals surface area contributed by atoms with Crippen LogP contribution in [0.5, 0.6) is 0 Å². The molecule has 2 aromatic heterocycles. The molecule has 0 saturated carbocycles. The highest BCUT2D eigenvalue weighted by Crippen LogP contribution is 2.02. The molecule has 2 heterocycles. The maximum atomic E-state index is 8.68. The molecule has 7 heteroatoms. The van der Waals surface area contributed by atoms with E-state index in [4.69, 9.17) is 5.26 Å². The van der Waals surface area contributed by atoms with Crippen molar-refractivity contribution in [2.24, 2.45) is 0 Å². The van der Waals surface area contributed by atoms with E-state index in [1.54, 1.807) is 0 Å². The van der Waals surface area contributed by atoms with Crippen LogP contribution in [0.25, 0.3) is 5.82 Å². The Kier molecular flexibility index (Phi) is 1.65. The summed E-state index contributed by atoms with van der Waals surface area (Å²) < 4.78 is 1.28. The zero-order chi connectivity index (χ0) is 9.10. The first-order valence-corrected chi connectivity index (χ1v) is 3.36. The molecular formula is C6H3N7. The molecule has 0 aliphatic rings. The van der Waals surface area contributed by atoms with E-state index in [0.29, 0.717) is 5.82 Å². The number of hydrogen-bond donors (Lipinski definition) is 0. The fourth-order valence-corrected chi connectivity index (χ4v) is 0.836. The molecule has 2 rings (SSSR count). The monoisotopic (exact) mass is 173 g/mol. The Labute approximate surface area is 72.7 Å². The van der Waals surface area contributed by atoms with Crippen LogP contribution in [0.4, 0.5) is 0 Å². The Morgan fingerprint density at radius 1 is 1.31 bits per heavy atom. The molecule has 2 aromatic rings. The van der Waals surface area contributed by atoms with Gasteiger partial charge in [0, 0.05) is 12.4 Å². The molecule has 0 unspecified atom stereocenters. The average Bonchev–Trinajstić information content (AvgIpc) is 2.70. The first kappa shape index (κ1) is 7.30. The van der Waals surface area contributed by atoms with Gasteiger partial charge in [-0.3, -0.25) is 0 Å². The predicted molar refractivity (Wildman–Crippen MR) is 39.5 cm³/mol. The Balaban J connectivity index is 2.59. The summed E-state index contributed by atoms with van der Waals surface area (Å²) in [5, 5.41) is 19.1. The molecule has 0 aliphatic heterocycles. The smallest absolute Gasteiger partial charge is 0.193 e. The van der Waals surface area contributed by atoms with Crippen molar-refractivity contribution in [1.29, 1.82) is 5.26 Å². The van der Waals surface area contributed by atoms with Gasteiger partial charge in [-0.25, -0.2) is 9.97 Å². The SMILES string of the molecule is N#Cc1nccnc1-n1cnnn1. The van der Waals surface area contributed by atoms with Crippen LogP contribution in [-0.4, -0.2) is 30.2 Å². The van der Waals surface area contributed by atoms with E-state index >= 15 is 0 Å². The molecule has 0 saturated heterocycles. The van der Waals surface area contributed by atoms with Crippen molar-refractivity contribution in [2.45, 2.75) is 0 Å². The fourth-order valence-electron chi connectivity index (χ4n) is 0.836. The molecule has 0 amide bonds. The van der Waals surface area contributed by atoms with Gasteiger partial charge in [0.05, 0.1) is 0 Å². The predicted octanol–water partition coefficient (Wildman–Crippen LogP) is -0.676. The van der Waals surface area contributed by atoms with Crippen molar-refractivity contribution in [3.8, 4) is 11.9 Å². The van der Waals surface area contributed by atoms with E-state index < -0.39 is 0 Å². The summed E-state index contributed by atoms with van der Waals surface area (Å²) in [6.45, 7) is 0. The second kappa shape index (κ2) is 2.94. The Bertz CT molecular complexity index is 440. The van der Waals surface area contributed by atoms with E-state index in [9.17, 15) is 0 Å². The molecule has 0 aliphatic carbocycles. The van der Waals surface area contributed by atoms with E-state index in [0.717, 1.165) is 0 Å². The summed E-state index contributed by atoms with van der Waals surface area (Å²) in [6, 6.07) is 1.89. The minimum absolute atomic E-state index is 0.190. The summed E-state index contributed by atoms with van der Waals surface area (Å²) in [4.78, 5) is 7.74. The minimum Gasteiger partial charge on any atom is -0.240 e. The topological polar surface area (TPSA) is 93.2 Å². The Morgan fingerprint density at radius 2 is 2.15 bits per heavy atom. The van der Waals surface area contributed by atoms with Crippen LogP contribution in [0.2, 0.25) is 0 Å². The van der Waals surface area contributed by atoms with Crippen LogP contribution in [0, 0.1) is 11.3 Å². The van der Waals surface area contributed by atoms with Gasteiger partial charge in [0.1, 0.15) is 12.4 Å². The third-order valence-corrected chi connectivity index (χ3v) is 1.35. The van der Waals surface area contributed by atoms with Gasteiger partial charge < -0.3 is 0 Å². The lowest BCUT2D eigenvalue weighted by Crippen LogP contribution is -2.02. The molecule has 13 heavy (non-hydrogen) atoms. The number of aromatic nitrogens is 6. The van der Waals surface area contributed by atoms with Crippen molar-refractivity contribution in [1.82, 2.24) is 30.2 Å². The zero-order valence-corrected chi connectivity index (χ0v) is 6.36. The van der Waals surface area contributed by atoms with Gasteiger partial charge in [-0.2, -0.15) is 9.94 Å². The van der Waals surface area contributed by atoms with Crippen LogP contribution in [0.15, 0.2) is 18.7 Å². The number of hydrogen-bond acceptors (Lipinski definition) is 6. The quantitative estimate of drug-likeness (QED) is 0.567. The lowest BCUT2D eigenvalue weighted by atomic mass is 10.4. The lowest BCUT2D eigenvalue weighted by molar-refractivity contribution is 0.763. The van der Waals surface area contributed by atoms with Crippen molar-refractivity contribution in [3.05, 3.63) is 24.4 Å². The van der Waals surface area contributed by atoms with Crippen LogP contribution >= 0.6 is 0 Å². The summed E-state index contributed by atoms with van der Waals surface area (Å²) >= 11 is 0. The molecule has 0 bridgehead atoms. The van der Waals surface area contributed by atoms with Gasteiger partial charge in [-0.15, -0.1) is 5.10 Å². The standard InChI is InChI=1S/C6H3N7/c7-3-5-6(9-2-1-8-5)13-4-10-11-12-13/h1-2,4H. The minimum atomic E-state index is 0.190. The zero-order valence-electron chi connectivity index (χ0n) is 6.36. The Morgan fingerprint density at radius 3 is 2.85 bits per heavy atom. The van der Waals surface area contributed by atoms with Crippen LogP contribution in [0.3, 0.4) is 0 Å². The van der Waals surface area contributed by atoms with Crippen molar-refractivity contribution >= 4 is 0 Å². The second-order valence-electron chi connectivity index (χ2n) is 2.09. The van der Waals surface area contributed by atoms with Gasteiger partial charge in [-0.05, 0) is 10.4 Å². The summed E-state index contributed by atoms with van der Waals surface area (Å²) in [5.41, 5.74) is 0.190. The maximum absolute atomic E-state index is 8.68. The first-order chi connectivity index (χ1) is 6.42. The van der Waals surface area contributed by atoms with Gasteiger partial charge in [0.25, 0.3) is 0 Å². The van der Waals surface area contributed by atoms with Crippen LogP contribution in [-0.2, 0) is 0 Å². The van der Waals surface area contributed by atoms with E-state index in [2.05, 4.69) is 25.5 Å². The number of nitriles is 1. The highest BCUT2D eigenvalue weighted by atomic mass is 15.5. The second-order valence-corrected chi connectivity index (χ2v) is 2.09. The highest BCUT2D eigenvalue weighted by Gasteiger charge is 2.06. The van der Waals surface area contributed by atoms with Gasteiger partial charge >= 0.3 is 0 Å². The van der Waals surface area contributed by atoms with E-state index in [-0.39, 0.29) is 5.69 Å². The van der Waals surface area contributed by atoms with Crippen LogP contribution < -0.4 is 0 Å². The largest absolute Gasteiger partial charge is 0.240 e. The number of tetrazole rings is 1. The first-order valence-electron chi connectivity index (χ1n) is 3.36. The van der Waals surface area contributed by atoms with Gasteiger partial charge in [-0.1, -0.05) is 0 Å². The average molecular weight is 173 g/mol. The molecule has 0 fully saturated rings. The third-order valence-electron chi connectivity index (χ3n) is 1.35. The molecule has 0 spiro atoms. The van der Waals surface area contributed by atoms with Gasteiger partial charge in [0.2, 0.25) is 0 Å². The molecular weight excluding hydrogens is 170 g/mol. The Hall–Kier alpha value is -2.36. The molecule has 0 radical (unpaired) electrons. The summed E-state index contributed by atoms with van der Waals surface area (Å²) in [7, 11) is 0. The molecule has 0 N–H and O–H groups in total. The van der Waals surface area contributed by atoms with Crippen molar-refractivity contribution in [2.75, 3.05) is 0 Å². The van der Waals surface area contributed by atoms with E-state index in [1.807, 2.05) is 6.07 Å². The van der Waals surface area contributed by atoms with E-state index in [1.165, 1.54) is 23.4 Å². The van der Waals surface area contributed by atoms with Crippen molar-refractivity contribution in [3.63, 3.8) is 0 Å². The molecule has 7 nitrogen and oxygen atoms in total. The highest BCUT2D eigenvalue weighted by molar-refractivity contribution is 5.35. The number of rotatable bonds is 1. The molecule has 62 valence electrons. The lowest BCUT2D eigenvalue weighted by Gasteiger charge is -1.97. The maximum Gasteiger partial charge on any atom is 0.193 e. The molecule has 0 aromatic carbocycles. The normalized spacial score (nSPS) is 9.46. The molecule has 0 atom stereocenters. The number of nitrogens with zero attached hydrogens (tertiary/aromatic N) is 7. The summed E-state index contributed by atoms with van der Waals surface area (Å²) in [6.07, 6.45) is 4.26. The van der Waals surface area contributed by atoms with Gasteiger partial charge in [0.15, 0.2) is 11.5 Å².